The molecule has 0 unspecified atom stereocenters. The number of amides is 2. The summed E-state index contributed by atoms with van der Waals surface area (Å²) in [5.41, 5.74) is 0.317. The number of likely N-dealkylation sites (tertiary alicyclic amines) is 2. The predicted molar refractivity (Wildman–Crippen MR) is 81.2 cm³/mol. The standard InChI is InChI=1S/C16H28N2O3/c1-3-16(4-2)7-10-18(12-16)15(21)17-8-5-13(6-9-17)11-14(19)20/h13H,3-12H2,1-2H3,(H,19,20). The summed E-state index contributed by atoms with van der Waals surface area (Å²) in [6, 6.07) is 0.160. The Morgan fingerprint density at radius 2 is 1.71 bits per heavy atom. The van der Waals surface area contributed by atoms with Crippen molar-refractivity contribution < 1.29 is 14.7 Å². The van der Waals surface area contributed by atoms with Crippen molar-refractivity contribution in [1.82, 2.24) is 9.80 Å². The first-order valence-electron chi connectivity index (χ1n) is 8.25. The van der Waals surface area contributed by atoms with Crippen molar-refractivity contribution in [1.29, 1.82) is 0 Å². The number of urea groups is 1. The van der Waals surface area contributed by atoms with E-state index in [0.29, 0.717) is 18.5 Å². The molecule has 120 valence electrons. The Balaban J connectivity index is 1.84. The summed E-state index contributed by atoms with van der Waals surface area (Å²) >= 11 is 0. The molecule has 0 spiro atoms. The van der Waals surface area contributed by atoms with Gasteiger partial charge in [-0.25, -0.2) is 4.79 Å². The summed E-state index contributed by atoms with van der Waals surface area (Å²) in [5.74, 6) is -0.495. The van der Waals surface area contributed by atoms with Gasteiger partial charge in [-0.1, -0.05) is 13.8 Å². The lowest BCUT2D eigenvalue weighted by molar-refractivity contribution is -0.138. The number of hydrogen-bond donors (Lipinski definition) is 1. The van der Waals surface area contributed by atoms with E-state index in [1.807, 2.05) is 9.80 Å². The van der Waals surface area contributed by atoms with Crippen molar-refractivity contribution in [2.24, 2.45) is 11.3 Å². The van der Waals surface area contributed by atoms with Crippen LogP contribution in [0, 0.1) is 11.3 Å². The number of piperidine rings is 1. The van der Waals surface area contributed by atoms with Crippen LogP contribution in [0.25, 0.3) is 0 Å². The maximum atomic E-state index is 12.6. The lowest BCUT2D eigenvalue weighted by Crippen LogP contribution is -2.46. The maximum absolute atomic E-state index is 12.6. The van der Waals surface area contributed by atoms with Crippen LogP contribution in [0.3, 0.4) is 0 Å². The maximum Gasteiger partial charge on any atom is 0.320 e. The van der Waals surface area contributed by atoms with Crippen LogP contribution in [0.5, 0.6) is 0 Å². The van der Waals surface area contributed by atoms with Crippen LogP contribution < -0.4 is 0 Å². The molecule has 5 nitrogen and oxygen atoms in total. The van der Waals surface area contributed by atoms with Gasteiger partial charge in [0.05, 0.1) is 0 Å². The Morgan fingerprint density at radius 3 is 2.19 bits per heavy atom. The van der Waals surface area contributed by atoms with E-state index in [0.717, 1.165) is 45.2 Å². The van der Waals surface area contributed by atoms with Crippen LogP contribution in [0.15, 0.2) is 0 Å². The Kier molecular flexibility index (Phi) is 5.12. The number of nitrogens with zero attached hydrogens (tertiary/aromatic N) is 2. The van der Waals surface area contributed by atoms with Crippen molar-refractivity contribution in [2.45, 2.75) is 52.4 Å². The molecule has 2 heterocycles. The Labute approximate surface area is 127 Å². The number of carboxylic acid groups (broad SMARTS) is 1. The molecule has 21 heavy (non-hydrogen) atoms. The lowest BCUT2D eigenvalue weighted by atomic mass is 9.82. The molecule has 0 atom stereocenters. The Bertz CT molecular complexity index is 385. The van der Waals surface area contributed by atoms with Crippen molar-refractivity contribution >= 4 is 12.0 Å². The van der Waals surface area contributed by atoms with E-state index in [-0.39, 0.29) is 18.4 Å². The third-order valence-corrected chi connectivity index (χ3v) is 5.56. The summed E-state index contributed by atoms with van der Waals surface area (Å²) in [6.07, 6.45) is 5.25. The molecule has 0 radical (unpaired) electrons. The van der Waals surface area contributed by atoms with Gasteiger partial charge in [-0.2, -0.15) is 0 Å². The van der Waals surface area contributed by atoms with E-state index in [4.69, 9.17) is 5.11 Å². The molecular formula is C16H28N2O3. The van der Waals surface area contributed by atoms with Gasteiger partial charge in [-0.3, -0.25) is 4.79 Å². The number of aliphatic carboxylic acids is 1. The topological polar surface area (TPSA) is 60.9 Å². The van der Waals surface area contributed by atoms with Crippen LogP contribution in [0.2, 0.25) is 0 Å². The van der Waals surface area contributed by atoms with Gasteiger partial charge in [-0.05, 0) is 43.4 Å². The number of hydrogen-bond acceptors (Lipinski definition) is 2. The van der Waals surface area contributed by atoms with Gasteiger partial charge in [0.1, 0.15) is 0 Å². The summed E-state index contributed by atoms with van der Waals surface area (Å²) in [5, 5.41) is 8.84. The minimum atomic E-state index is -0.727. The van der Waals surface area contributed by atoms with Crippen molar-refractivity contribution in [3.8, 4) is 0 Å². The van der Waals surface area contributed by atoms with Crippen molar-refractivity contribution in [2.75, 3.05) is 26.2 Å². The van der Waals surface area contributed by atoms with Gasteiger partial charge in [0.2, 0.25) is 0 Å². The van der Waals surface area contributed by atoms with E-state index in [1.54, 1.807) is 0 Å². The van der Waals surface area contributed by atoms with Gasteiger partial charge in [0, 0.05) is 32.6 Å². The van der Waals surface area contributed by atoms with Crippen LogP contribution in [-0.2, 0) is 4.79 Å². The van der Waals surface area contributed by atoms with Gasteiger partial charge >= 0.3 is 12.0 Å². The zero-order chi connectivity index (χ0) is 15.5. The third kappa shape index (κ3) is 3.69. The van der Waals surface area contributed by atoms with Gasteiger partial charge in [-0.15, -0.1) is 0 Å². The smallest absolute Gasteiger partial charge is 0.320 e. The first-order valence-corrected chi connectivity index (χ1v) is 8.25. The highest BCUT2D eigenvalue weighted by atomic mass is 16.4. The number of rotatable bonds is 4. The molecule has 2 amide bonds. The second-order valence-corrected chi connectivity index (χ2v) is 6.69. The fourth-order valence-electron chi connectivity index (χ4n) is 3.70. The molecule has 0 bridgehead atoms. The van der Waals surface area contributed by atoms with Gasteiger partial charge < -0.3 is 14.9 Å². The molecule has 0 aromatic rings. The predicted octanol–water partition coefficient (Wildman–Crippen LogP) is 2.81. The molecule has 2 saturated heterocycles. The molecule has 0 aliphatic carbocycles. The van der Waals surface area contributed by atoms with Crippen LogP contribution >= 0.6 is 0 Å². The molecule has 5 heteroatoms. The number of carbonyl (C=O) groups excluding carboxylic acids is 1. The highest BCUT2D eigenvalue weighted by Gasteiger charge is 2.38. The van der Waals surface area contributed by atoms with E-state index >= 15 is 0 Å². The molecule has 2 aliphatic rings. The zero-order valence-electron chi connectivity index (χ0n) is 13.3. The first-order chi connectivity index (χ1) is 9.99. The fraction of sp³-hybridized carbons (Fsp3) is 0.875. The van der Waals surface area contributed by atoms with Gasteiger partial charge in [0.25, 0.3) is 0 Å². The number of carbonyl (C=O) groups is 2. The quantitative estimate of drug-likeness (QED) is 0.867. The minimum absolute atomic E-state index is 0.160. The van der Waals surface area contributed by atoms with Crippen LogP contribution in [0.4, 0.5) is 4.79 Å². The van der Waals surface area contributed by atoms with E-state index in [2.05, 4.69) is 13.8 Å². The second kappa shape index (κ2) is 6.67. The minimum Gasteiger partial charge on any atom is -0.481 e. The molecule has 2 aliphatic heterocycles. The first kappa shape index (κ1) is 16.1. The molecular weight excluding hydrogens is 268 g/mol. The summed E-state index contributed by atoms with van der Waals surface area (Å²) in [7, 11) is 0. The monoisotopic (exact) mass is 296 g/mol. The molecule has 2 fully saturated rings. The number of carboxylic acids is 1. The van der Waals surface area contributed by atoms with Crippen LogP contribution in [-0.4, -0.2) is 53.1 Å². The summed E-state index contributed by atoms with van der Waals surface area (Å²) < 4.78 is 0. The highest BCUT2D eigenvalue weighted by molar-refractivity contribution is 5.75. The lowest BCUT2D eigenvalue weighted by Gasteiger charge is -2.35. The van der Waals surface area contributed by atoms with Crippen LogP contribution in [0.1, 0.15) is 52.4 Å². The van der Waals surface area contributed by atoms with Crippen molar-refractivity contribution in [3.05, 3.63) is 0 Å². The average molecular weight is 296 g/mol. The zero-order valence-corrected chi connectivity index (χ0v) is 13.3. The Hall–Kier alpha value is -1.26. The second-order valence-electron chi connectivity index (χ2n) is 6.69. The largest absolute Gasteiger partial charge is 0.481 e. The summed E-state index contributed by atoms with van der Waals surface area (Å²) in [6.45, 7) is 7.60. The fourth-order valence-corrected chi connectivity index (χ4v) is 3.70. The SMILES string of the molecule is CCC1(CC)CCN(C(=O)N2CCC(CC(=O)O)CC2)C1. The normalized spacial score (nSPS) is 22.6. The Morgan fingerprint density at radius 1 is 1.10 bits per heavy atom. The molecule has 0 aromatic heterocycles. The highest BCUT2D eigenvalue weighted by Crippen LogP contribution is 2.37. The van der Waals surface area contributed by atoms with E-state index < -0.39 is 5.97 Å². The summed E-state index contributed by atoms with van der Waals surface area (Å²) in [4.78, 5) is 27.2. The van der Waals surface area contributed by atoms with Gasteiger partial charge in [0.15, 0.2) is 0 Å². The molecule has 0 saturated carbocycles. The van der Waals surface area contributed by atoms with E-state index in [9.17, 15) is 9.59 Å². The molecule has 2 rings (SSSR count). The third-order valence-electron chi connectivity index (χ3n) is 5.56. The molecule has 1 N–H and O–H groups in total. The van der Waals surface area contributed by atoms with E-state index in [1.165, 1.54) is 0 Å². The average Bonchev–Trinajstić information content (AvgIpc) is 2.92. The molecule has 0 aromatic carbocycles. The van der Waals surface area contributed by atoms with Crippen molar-refractivity contribution in [3.63, 3.8) is 0 Å².